The molecule has 0 heterocycles. The normalized spacial score (nSPS) is 14.1. The summed E-state index contributed by atoms with van der Waals surface area (Å²) >= 11 is 0. The summed E-state index contributed by atoms with van der Waals surface area (Å²) in [5, 5.41) is 18.9. The SMILES string of the molecule is Cc1ccc(C2=CCC=C2c2cc(F)c(CS(=O)(=O)Cc3cc(F)c(C4=CCC=C4c4ccc(C)c(C#N)c4)cc3F)cc2F)cc1C#N. The van der Waals surface area contributed by atoms with Crippen LogP contribution in [0.15, 0.2) is 85.0 Å². The van der Waals surface area contributed by atoms with Gasteiger partial charge in [0.15, 0.2) is 9.84 Å². The molecule has 0 unspecified atom stereocenters. The number of benzene rings is 4. The van der Waals surface area contributed by atoms with Crippen molar-refractivity contribution in [3.8, 4) is 12.1 Å². The molecule has 9 heteroatoms. The molecule has 0 N–H and O–H groups in total. The van der Waals surface area contributed by atoms with E-state index in [1.807, 2.05) is 12.2 Å². The maximum Gasteiger partial charge on any atom is 0.158 e. The standard InChI is InChI=1S/C40H28F4N2O2S/c1-23-9-11-25(13-27(23)19-45)31-5-3-7-33(31)35-17-37(41)29(15-39(35)43)21-49(47,48)22-30-16-40(44)36(18-38(30)42)34-8-4-6-32(34)26-12-10-24(2)28(14-26)20-46/h5-18H,3-4,21-22H2,1-2H3. The van der Waals surface area contributed by atoms with Crippen LogP contribution in [0.4, 0.5) is 17.6 Å². The lowest BCUT2D eigenvalue weighted by Gasteiger charge is -2.15. The zero-order chi connectivity index (χ0) is 35.0. The zero-order valence-corrected chi connectivity index (χ0v) is 27.4. The maximum atomic E-state index is 15.5. The summed E-state index contributed by atoms with van der Waals surface area (Å²) in [5.41, 5.74) is 4.88. The molecular formula is C40H28F4N2O2S. The van der Waals surface area contributed by atoms with Crippen molar-refractivity contribution in [3.63, 3.8) is 0 Å². The van der Waals surface area contributed by atoms with E-state index in [1.54, 1.807) is 62.4 Å². The second kappa shape index (κ2) is 13.2. The number of nitriles is 2. The van der Waals surface area contributed by atoms with E-state index < -0.39 is 55.7 Å². The van der Waals surface area contributed by atoms with Crippen LogP contribution in [-0.2, 0) is 21.3 Å². The Morgan fingerprint density at radius 3 is 1.35 bits per heavy atom. The van der Waals surface area contributed by atoms with Crippen LogP contribution >= 0.6 is 0 Å². The number of nitrogens with zero attached hydrogens (tertiary/aromatic N) is 2. The van der Waals surface area contributed by atoms with Crippen molar-refractivity contribution in [2.75, 3.05) is 0 Å². The van der Waals surface area contributed by atoms with Gasteiger partial charge in [-0.3, -0.25) is 0 Å². The monoisotopic (exact) mass is 676 g/mol. The Hall–Kier alpha value is -5.51. The first-order valence-corrected chi connectivity index (χ1v) is 17.2. The van der Waals surface area contributed by atoms with Gasteiger partial charge in [0.1, 0.15) is 23.3 Å². The smallest absolute Gasteiger partial charge is 0.158 e. The summed E-state index contributed by atoms with van der Waals surface area (Å²) in [5.74, 6) is -5.47. The molecular weight excluding hydrogens is 649 g/mol. The highest BCUT2D eigenvalue weighted by Gasteiger charge is 2.25. The molecule has 4 aromatic rings. The predicted octanol–water partition coefficient (Wildman–Crippen LogP) is 9.46. The van der Waals surface area contributed by atoms with Crippen LogP contribution < -0.4 is 0 Å². The number of hydrogen-bond donors (Lipinski definition) is 0. The minimum absolute atomic E-state index is 0.0608. The molecule has 49 heavy (non-hydrogen) atoms. The summed E-state index contributed by atoms with van der Waals surface area (Å²) in [6, 6.07) is 18.2. The summed E-state index contributed by atoms with van der Waals surface area (Å²) in [6.45, 7) is 3.59. The molecule has 0 bridgehead atoms. The first kappa shape index (κ1) is 33.4. The van der Waals surface area contributed by atoms with Crippen LogP contribution in [0.1, 0.15) is 68.5 Å². The summed E-state index contributed by atoms with van der Waals surface area (Å²) in [7, 11) is -4.29. The van der Waals surface area contributed by atoms with E-state index in [9.17, 15) is 18.9 Å². The highest BCUT2D eigenvalue weighted by molar-refractivity contribution is 7.89. The molecule has 0 saturated heterocycles. The van der Waals surface area contributed by atoms with E-state index in [0.29, 0.717) is 57.4 Å². The maximum absolute atomic E-state index is 15.5. The third kappa shape index (κ3) is 6.63. The van der Waals surface area contributed by atoms with Crippen molar-refractivity contribution >= 4 is 32.1 Å². The second-order valence-corrected chi connectivity index (χ2v) is 14.2. The zero-order valence-electron chi connectivity index (χ0n) is 26.5. The number of rotatable bonds is 8. The minimum Gasteiger partial charge on any atom is -0.228 e. The lowest BCUT2D eigenvalue weighted by molar-refractivity contribution is 0.570. The Balaban J connectivity index is 1.22. The molecule has 2 aliphatic carbocycles. The van der Waals surface area contributed by atoms with Gasteiger partial charge in [-0.25, -0.2) is 26.0 Å². The van der Waals surface area contributed by atoms with Gasteiger partial charge in [-0.1, -0.05) is 48.6 Å². The summed E-state index contributed by atoms with van der Waals surface area (Å²) in [4.78, 5) is 0. The van der Waals surface area contributed by atoms with E-state index in [2.05, 4.69) is 12.1 Å². The molecule has 0 aliphatic heterocycles. The third-order valence-corrected chi connectivity index (χ3v) is 10.3. The molecule has 0 radical (unpaired) electrons. The number of allylic oxidation sites excluding steroid dienone is 8. The van der Waals surface area contributed by atoms with Crippen LogP contribution in [0.5, 0.6) is 0 Å². The molecule has 0 amide bonds. The van der Waals surface area contributed by atoms with Crippen molar-refractivity contribution in [3.05, 3.63) is 164 Å². The Labute approximate surface area is 282 Å². The van der Waals surface area contributed by atoms with Gasteiger partial charge < -0.3 is 0 Å². The molecule has 0 spiro atoms. The molecule has 4 nitrogen and oxygen atoms in total. The number of sulfone groups is 1. The lowest BCUT2D eigenvalue weighted by atomic mass is 9.92. The third-order valence-electron chi connectivity index (χ3n) is 8.81. The molecule has 2 aliphatic rings. The van der Waals surface area contributed by atoms with Gasteiger partial charge in [0.2, 0.25) is 0 Å². The van der Waals surface area contributed by atoms with E-state index >= 15 is 17.6 Å². The van der Waals surface area contributed by atoms with Crippen molar-refractivity contribution in [2.45, 2.75) is 38.2 Å². The van der Waals surface area contributed by atoms with Crippen LogP contribution in [-0.4, -0.2) is 8.42 Å². The van der Waals surface area contributed by atoms with Gasteiger partial charge >= 0.3 is 0 Å². The van der Waals surface area contributed by atoms with Gasteiger partial charge in [-0.05, 0) is 108 Å². The number of halogens is 4. The van der Waals surface area contributed by atoms with Crippen molar-refractivity contribution in [2.24, 2.45) is 0 Å². The fourth-order valence-corrected chi connectivity index (χ4v) is 7.73. The summed E-state index contributed by atoms with van der Waals surface area (Å²) in [6.07, 6.45) is 8.04. The first-order valence-electron chi connectivity index (χ1n) is 15.4. The molecule has 0 fully saturated rings. The van der Waals surface area contributed by atoms with Gasteiger partial charge in [-0.15, -0.1) is 0 Å². The average molecular weight is 677 g/mol. The van der Waals surface area contributed by atoms with Gasteiger partial charge in [-0.2, -0.15) is 10.5 Å². The predicted molar refractivity (Wildman–Crippen MR) is 182 cm³/mol. The fraction of sp³-hybridized carbons (Fsp3) is 0.150. The van der Waals surface area contributed by atoms with E-state index in [4.69, 9.17) is 0 Å². The topological polar surface area (TPSA) is 81.7 Å². The Bertz CT molecular complexity index is 2230. The second-order valence-electron chi connectivity index (χ2n) is 12.1. The quantitative estimate of drug-likeness (QED) is 0.174. The van der Waals surface area contributed by atoms with Crippen molar-refractivity contribution in [1.29, 1.82) is 10.5 Å². The highest BCUT2D eigenvalue weighted by Crippen LogP contribution is 2.40. The van der Waals surface area contributed by atoms with Gasteiger partial charge in [0.05, 0.1) is 34.8 Å². The minimum atomic E-state index is -4.29. The van der Waals surface area contributed by atoms with E-state index in [1.165, 1.54) is 0 Å². The molecule has 0 aromatic heterocycles. The Morgan fingerprint density at radius 2 is 0.959 bits per heavy atom. The molecule has 0 atom stereocenters. The van der Waals surface area contributed by atoms with Crippen LogP contribution in [0, 0.1) is 59.8 Å². The van der Waals surface area contributed by atoms with Crippen LogP contribution in [0.2, 0.25) is 0 Å². The molecule has 244 valence electrons. The molecule has 0 saturated carbocycles. The largest absolute Gasteiger partial charge is 0.228 e. The van der Waals surface area contributed by atoms with Gasteiger partial charge in [0, 0.05) is 22.3 Å². The van der Waals surface area contributed by atoms with Gasteiger partial charge in [0.25, 0.3) is 0 Å². The highest BCUT2D eigenvalue weighted by atomic mass is 32.2. The molecule has 4 aromatic carbocycles. The van der Waals surface area contributed by atoms with Crippen molar-refractivity contribution < 1.29 is 26.0 Å². The fourth-order valence-electron chi connectivity index (χ4n) is 6.24. The lowest BCUT2D eigenvalue weighted by Crippen LogP contribution is -2.12. The van der Waals surface area contributed by atoms with Crippen molar-refractivity contribution in [1.82, 2.24) is 0 Å². The first-order chi connectivity index (χ1) is 23.4. The average Bonchev–Trinajstić information content (AvgIpc) is 3.75. The Kier molecular flexibility index (Phi) is 8.98. The number of hydrogen-bond acceptors (Lipinski definition) is 4. The van der Waals surface area contributed by atoms with E-state index in [0.717, 1.165) is 35.4 Å². The number of aryl methyl sites for hydroxylation is 2. The van der Waals surface area contributed by atoms with E-state index in [-0.39, 0.29) is 11.1 Å². The van der Waals surface area contributed by atoms with Crippen LogP contribution in [0.3, 0.4) is 0 Å². The molecule has 6 rings (SSSR count). The summed E-state index contributed by atoms with van der Waals surface area (Å²) < 4.78 is 88.1. The Morgan fingerprint density at radius 1 is 0.571 bits per heavy atom. The van der Waals surface area contributed by atoms with Crippen LogP contribution in [0.25, 0.3) is 22.3 Å².